The molecule has 0 fully saturated rings. The Morgan fingerprint density at radius 1 is 1.07 bits per heavy atom. The summed E-state index contributed by atoms with van der Waals surface area (Å²) in [4.78, 5) is 39.0. The minimum Gasteiger partial charge on any atom is -0.459 e. The Kier molecular flexibility index (Phi) is 7.37. The first kappa shape index (κ1) is 22.1. The number of hydrogen-bond acceptors (Lipinski definition) is 7. The standard InChI is InChI=1S/C20H25NO5S2/c1-7-14-8-13(9-27-14)17(22)21-18-15(19(23)25-10(2)3)12(6)16(28-18)20(24)26-11(4)5/h8-11H,7H2,1-6H3,(H,21,22). The molecule has 0 atom stereocenters. The number of ether oxygens (including phenoxy) is 2. The minimum atomic E-state index is -0.581. The first-order valence-electron chi connectivity index (χ1n) is 9.08. The molecule has 2 aromatic rings. The van der Waals surface area contributed by atoms with Crippen molar-refractivity contribution in [1.82, 2.24) is 0 Å². The number of hydrogen-bond donors (Lipinski definition) is 1. The Bertz CT molecular complexity index is 879. The number of aryl methyl sites for hydroxylation is 1. The van der Waals surface area contributed by atoms with Gasteiger partial charge in [0.1, 0.15) is 9.88 Å². The van der Waals surface area contributed by atoms with Gasteiger partial charge in [-0.1, -0.05) is 6.92 Å². The second-order valence-corrected chi connectivity index (χ2v) is 8.79. The lowest BCUT2D eigenvalue weighted by Crippen LogP contribution is -2.17. The zero-order valence-electron chi connectivity index (χ0n) is 16.9. The van der Waals surface area contributed by atoms with E-state index < -0.39 is 11.9 Å². The molecule has 0 bridgehead atoms. The van der Waals surface area contributed by atoms with Crippen molar-refractivity contribution in [2.75, 3.05) is 5.32 Å². The van der Waals surface area contributed by atoms with Crippen LogP contribution in [-0.2, 0) is 15.9 Å². The van der Waals surface area contributed by atoms with Crippen molar-refractivity contribution in [2.24, 2.45) is 0 Å². The van der Waals surface area contributed by atoms with E-state index in [0.717, 1.165) is 22.6 Å². The maximum Gasteiger partial charge on any atom is 0.348 e. The Hall–Kier alpha value is -2.19. The highest BCUT2D eigenvalue weighted by molar-refractivity contribution is 7.18. The van der Waals surface area contributed by atoms with E-state index in [1.807, 2.05) is 13.0 Å². The maximum absolute atomic E-state index is 12.6. The molecule has 0 aromatic carbocycles. The number of anilines is 1. The van der Waals surface area contributed by atoms with E-state index >= 15 is 0 Å². The van der Waals surface area contributed by atoms with Crippen LogP contribution in [0.2, 0.25) is 0 Å². The molecule has 152 valence electrons. The third-order valence-corrected chi connectivity index (χ3v) is 5.98. The van der Waals surface area contributed by atoms with Gasteiger partial charge >= 0.3 is 11.9 Å². The minimum absolute atomic E-state index is 0.189. The summed E-state index contributed by atoms with van der Waals surface area (Å²) >= 11 is 2.53. The molecule has 2 rings (SSSR count). The monoisotopic (exact) mass is 423 g/mol. The molecule has 0 spiro atoms. The predicted molar refractivity (Wildman–Crippen MR) is 112 cm³/mol. The number of carbonyl (C=O) groups excluding carboxylic acids is 3. The van der Waals surface area contributed by atoms with Crippen molar-refractivity contribution in [1.29, 1.82) is 0 Å². The quantitative estimate of drug-likeness (QED) is 0.629. The summed E-state index contributed by atoms with van der Waals surface area (Å²) in [6.45, 7) is 10.6. The highest BCUT2D eigenvalue weighted by atomic mass is 32.1. The smallest absolute Gasteiger partial charge is 0.348 e. The van der Waals surface area contributed by atoms with E-state index in [4.69, 9.17) is 9.47 Å². The van der Waals surface area contributed by atoms with Crippen LogP contribution in [-0.4, -0.2) is 30.1 Å². The summed E-state index contributed by atoms with van der Waals surface area (Å²) in [7, 11) is 0. The lowest BCUT2D eigenvalue weighted by molar-refractivity contribution is 0.0378. The molecular weight excluding hydrogens is 398 g/mol. The van der Waals surface area contributed by atoms with Gasteiger partial charge < -0.3 is 14.8 Å². The summed E-state index contributed by atoms with van der Waals surface area (Å²) in [5.74, 6) is -1.44. The van der Waals surface area contributed by atoms with Crippen molar-refractivity contribution in [3.05, 3.63) is 37.9 Å². The molecule has 1 amide bonds. The fourth-order valence-corrected chi connectivity index (χ4v) is 4.33. The average Bonchev–Trinajstić information content (AvgIpc) is 3.18. The molecule has 28 heavy (non-hydrogen) atoms. The first-order valence-corrected chi connectivity index (χ1v) is 10.8. The Morgan fingerprint density at radius 2 is 1.68 bits per heavy atom. The van der Waals surface area contributed by atoms with Gasteiger partial charge in [-0.25, -0.2) is 9.59 Å². The number of amides is 1. The molecule has 0 aliphatic carbocycles. The van der Waals surface area contributed by atoms with Crippen LogP contribution in [0.25, 0.3) is 0 Å². The van der Waals surface area contributed by atoms with Crippen LogP contribution in [0.4, 0.5) is 5.00 Å². The van der Waals surface area contributed by atoms with Crippen LogP contribution >= 0.6 is 22.7 Å². The van der Waals surface area contributed by atoms with Gasteiger partial charge in [-0.2, -0.15) is 0 Å². The summed E-state index contributed by atoms with van der Waals surface area (Å²) in [5, 5.41) is 4.82. The topological polar surface area (TPSA) is 81.7 Å². The van der Waals surface area contributed by atoms with Crippen LogP contribution < -0.4 is 5.32 Å². The molecule has 6 nitrogen and oxygen atoms in total. The highest BCUT2D eigenvalue weighted by Crippen LogP contribution is 2.35. The number of carbonyl (C=O) groups is 3. The lowest BCUT2D eigenvalue weighted by atomic mass is 10.1. The summed E-state index contributed by atoms with van der Waals surface area (Å²) in [6, 6.07) is 1.82. The van der Waals surface area contributed by atoms with Crippen LogP contribution in [0.5, 0.6) is 0 Å². The summed E-state index contributed by atoms with van der Waals surface area (Å²) in [6.07, 6.45) is 0.217. The number of esters is 2. The Balaban J connectivity index is 2.40. The Labute approximate surface area is 172 Å². The lowest BCUT2D eigenvalue weighted by Gasteiger charge is -2.10. The summed E-state index contributed by atoms with van der Waals surface area (Å²) < 4.78 is 10.6. The first-order chi connectivity index (χ1) is 13.1. The van der Waals surface area contributed by atoms with Crippen molar-refractivity contribution < 1.29 is 23.9 Å². The zero-order valence-corrected chi connectivity index (χ0v) is 18.5. The molecule has 2 aromatic heterocycles. The van der Waals surface area contributed by atoms with Gasteiger partial charge in [-0.15, -0.1) is 22.7 Å². The SMILES string of the molecule is CCc1cc(C(=O)Nc2sc(C(=O)OC(C)C)c(C)c2C(=O)OC(C)C)cs1. The molecule has 0 radical (unpaired) electrons. The van der Waals surface area contributed by atoms with Gasteiger partial charge in [0, 0.05) is 10.3 Å². The fourth-order valence-electron chi connectivity index (χ4n) is 2.44. The molecular formula is C20H25NO5S2. The van der Waals surface area contributed by atoms with Crippen molar-refractivity contribution in [2.45, 2.75) is 60.2 Å². The van der Waals surface area contributed by atoms with Gasteiger partial charge in [0.05, 0.1) is 23.3 Å². The molecule has 2 heterocycles. The van der Waals surface area contributed by atoms with Crippen LogP contribution in [0, 0.1) is 6.92 Å². The van der Waals surface area contributed by atoms with E-state index in [-0.39, 0.29) is 33.6 Å². The molecule has 8 heteroatoms. The third kappa shape index (κ3) is 5.20. The van der Waals surface area contributed by atoms with Gasteiger partial charge in [0.25, 0.3) is 5.91 Å². The van der Waals surface area contributed by atoms with Gasteiger partial charge in [0.2, 0.25) is 0 Å². The number of thiophene rings is 2. The second kappa shape index (κ2) is 9.34. The predicted octanol–water partition coefficient (Wildman–Crippen LogP) is 5.06. The van der Waals surface area contributed by atoms with Gasteiger partial charge in [-0.3, -0.25) is 4.79 Å². The largest absolute Gasteiger partial charge is 0.459 e. The van der Waals surface area contributed by atoms with Crippen molar-refractivity contribution in [3.8, 4) is 0 Å². The third-order valence-electron chi connectivity index (χ3n) is 3.71. The van der Waals surface area contributed by atoms with Crippen LogP contribution in [0.1, 0.15) is 75.4 Å². The molecule has 0 unspecified atom stereocenters. The molecule has 0 aliphatic rings. The van der Waals surface area contributed by atoms with Crippen LogP contribution in [0.15, 0.2) is 11.4 Å². The number of rotatable bonds is 7. The van der Waals surface area contributed by atoms with E-state index in [0.29, 0.717) is 11.1 Å². The van der Waals surface area contributed by atoms with Gasteiger partial charge in [-0.05, 0) is 52.7 Å². The normalized spacial score (nSPS) is 11.0. The maximum atomic E-state index is 12.6. The van der Waals surface area contributed by atoms with E-state index in [1.165, 1.54) is 11.3 Å². The van der Waals surface area contributed by atoms with Crippen LogP contribution in [0.3, 0.4) is 0 Å². The van der Waals surface area contributed by atoms with E-state index in [2.05, 4.69) is 5.32 Å². The molecule has 0 saturated carbocycles. The molecule has 0 saturated heterocycles. The fraction of sp³-hybridized carbons (Fsp3) is 0.450. The van der Waals surface area contributed by atoms with Crippen molar-refractivity contribution >= 4 is 45.5 Å². The average molecular weight is 424 g/mol. The second-order valence-electron chi connectivity index (χ2n) is 6.78. The molecule has 0 aliphatic heterocycles. The summed E-state index contributed by atoms with van der Waals surface area (Å²) in [5.41, 5.74) is 1.15. The number of nitrogens with one attached hydrogen (secondary N) is 1. The van der Waals surface area contributed by atoms with E-state index in [1.54, 1.807) is 40.0 Å². The highest BCUT2D eigenvalue weighted by Gasteiger charge is 2.28. The van der Waals surface area contributed by atoms with E-state index in [9.17, 15) is 14.4 Å². The van der Waals surface area contributed by atoms with Gasteiger partial charge in [0.15, 0.2) is 0 Å². The molecule has 1 N–H and O–H groups in total. The zero-order chi connectivity index (χ0) is 21.0. The Morgan fingerprint density at radius 3 is 2.21 bits per heavy atom. The van der Waals surface area contributed by atoms with Crippen molar-refractivity contribution in [3.63, 3.8) is 0 Å².